The minimum absolute atomic E-state index is 0.148. The molecule has 0 spiro atoms. The monoisotopic (exact) mass is 364 g/mol. The molecule has 0 aliphatic rings. The molecular weight excluding hydrogens is 352 g/mol. The van der Waals surface area contributed by atoms with Crippen molar-refractivity contribution in [3.05, 3.63) is 46.8 Å². The van der Waals surface area contributed by atoms with Crippen LogP contribution in [-0.2, 0) is 4.79 Å². The number of hydrogen-bond acceptors (Lipinski definition) is 5. The number of rotatable bonds is 5. The summed E-state index contributed by atoms with van der Waals surface area (Å²) in [5, 5.41) is 12.5. The Bertz CT molecular complexity index is 803. The normalized spacial score (nSPS) is 12.1. The van der Waals surface area contributed by atoms with Gasteiger partial charge in [-0.25, -0.2) is 4.98 Å². The Labute approximate surface area is 146 Å². The molecule has 2 heterocycles. The minimum Gasteiger partial charge on any atom is -0.324 e. The van der Waals surface area contributed by atoms with E-state index in [1.807, 2.05) is 29.6 Å². The molecule has 3 rings (SSSR count). The Morgan fingerprint density at radius 1 is 1.35 bits per heavy atom. The lowest BCUT2D eigenvalue weighted by atomic mass is 10.3. The summed E-state index contributed by atoms with van der Waals surface area (Å²) >= 11 is 8.92. The van der Waals surface area contributed by atoms with Gasteiger partial charge in [0.05, 0.1) is 20.8 Å². The van der Waals surface area contributed by atoms with Crippen molar-refractivity contribution in [3.63, 3.8) is 0 Å². The molecule has 0 saturated carbocycles. The minimum atomic E-state index is -0.349. The third-order valence-corrected chi connectivity index (χ3v) is 5.17. The van der Waals surface area contributed by atoms with E-state index in [0.717, 1.165) is 4.88 Å². The number of aromatic nitrogens is 3. The standard InChI is InChI=1S/C15H13ClN4OS2/c1-9(14(21)17-11-6-3-2-5-10(11)16)23-15-18-13(19-20-15)12-7-4-8-22-12/h2-9H,1H3,(H,17,21)(H,18,19,20)/t9-/m1/s1. The van der Waals surface area contributed by atoms with Crippen LogP contribution in [0.15, 0.2) is 46.9 Å². The first-order valence-corrected chi connectivity index (χ1v) is 8.95. The van der Waals surface area contributed by atoms with Crippen molar-refractivity contribution in [2.75, 3.05) is 5.32 Å². The Hall–Kier alpha value is -1.83. The largest absolute Gasteiger partial charge is 0.324 e. The average Bonchev–Trinajstić information content (AvgIpc) is 3.20. The van der Waals surface area contributed by atoms with Gasteiger partial charge in [0.25, 0.3) is 0 Å². The topological polar surface area (TPSA) is 70.7 Å². The molecular formula is C15H13ClN4OS2. The van der Waals surface area contributed by atoms with Crippen LogP contribution < -0.4 is 5.32 Å². The molecule has 0 saturated heterocycles. The number of para-hydroxylation sites is 1. The fraction of sp³-hybridized carbons (Fsp3) is 0.133. The van der Waals surface area contributed by atoms with Crippen LogP contribution >= 0.6 is 34.7 Å². The van der Waals surface area contributed by atoms with Crippen LogP contribution in [-0.4, -0.2) is 26.3 Å². The average molecular weight is 365 g/mol. The molecule has 5 nitrogen and oxygen atoms in total. The van der Waals surface area contributed by atoms with Gasteiger partial charge < -0.3 is 5.32 Å². The van der Waals surface area contributed by atoms with Gasteiger partial charge in [-0.2, -0.15) is 0 Å². The number of benzene rings is 1. The Morgan fingerprint density at radius 2 is 2.17 bits per heavy atom. The number of carbonyl (C=O) groups is 1. The second-order valence-electron chi connectivity index (χ2n) is 4.67. The second-order valence-corrected chi connectivity index (χ2v) is 7.34. The molecule has 8 heteroatoms. The molecule has 0 bridgehead atoms. The fourth-order valence-electron chi connectivity index (χ4n) is 1.83. The van der Waals surface area contributed by atoms with Gasteiger partial charge in [-0.1, -0.05) is 41.6 Å². The number of halogens is 1. The highest BCUT2D eigenvalue weighted by atomic mass is 35.5. The fourth-order valence-corrected chi connectivity index (χ4v) is 3.40. The van der Waals surface area contributed by atoms with Gasteiger partial charge in [0.1, 0.15) is 0 Å². The maximum Gasteiger partial charge on any atom is 0.237 e. The van der Waals surface area contributed by atoms with Gasteiger partial charge in [0, 0.05) is 0 Å². The third-order valence-electron chi connectivity index (χ3n) is 3.00. The number of thiophene rings is 1. The van der Waals surface area contributed by atoms with Crippen LogP contribution in [0.1, 0.15) is 6.92 Å². The number of thioether (sulfide) groups is 1. The van der Waals surface area contributed by atoms with Gasteiger partial charge in [-0.15, -0.1) is 16.4 Å². The lowest BCUT2D eigenvalue weighted by molar-refractivity contribution is -0.115. The lowest BCUT2D eigenvalue weighted by Crippen LogP contribution is -2.22. The number of carbonyl (C=O) groups excluding carboxylic acids is 1. The van der Waals surface area contributed by atoms with E-state index in [1.54, 1.807) is 30.4 Å². The number of aromatic amines is 1. The summed E-state index contributed by atoms with van der Waals surface area (Å²) in [5.41, 5.74) is 0.598. The van der Waals surface area contributed by atoms with Gasteiger partial charge in [-0.3, -0.25) is 9.89 Å². The van der Waals surface area contributed by atoms with Crippen molar-refractivity contribution < 1.29 is 4.79 Å². The second kappa shape index (κ2) is 7.16. The smallest absolute Gasteiger partial charge is 0.237 e. The number of anilines is 1. The van der Waals surface area contributed by atoms with E-state index in [-0.39, 0.29) is 11.2 Å². The van der Waals surface area contributed by atoms with E-state index in [9.17, 15) is 4.79 Å². The molecule has 3 aromatic rings. The van der Waals surface area contributed by atoms with E-state index in [1.165, 1.54) is 11.8 Å². The number of hydrogen-bond donors (Lipinski definition) is 2. The SMILES string of the molecule is C[C@@H](Sc1n[nH]c(-c2cccs2)n1)C(=O)Nc1ccccc1Cl. The molecule has 118 valence electrons. The highest BCUT2D eigenvalue weighted by Crippen LogP contribution is 2.26. The third kappa shape index (κ3) is 3.93. The van der Waals surface area contributed by atoms with E-state index in [4.69, 9.17) is 11.6 Å². The molecule has 1 aromatic carbocycles. The summed E-state index contributed by atoms with van der Waals surface area (Å²) < 4.78 is 0. The number of amides is 1. The highest BCUT2D eigenvalue weighted by molar-refractivity contribution is 8.00. The first kappa shape index (κ1) is 16.0. The summed E-state index contributed by atoms with van der Waals surface area (Å²) in [7, 11) is 0. The summed E-state index contributed by atoms with van der Waals surface area (Å²) in [5.74, 6) is 0.562. The molecule has 23 heavy (non-hydrogen) atoms. The highest BCUT2D eigenvalue weighted by Gasteiger charge is 2.18. The van der Waals surface area contributed by atoms with Crippen molar-refractivity contribution in [2.45, 2.75) is 17.3 Å². The van der Waals surface area contributed by atoms with Crippen LogP contribution in [0, 0.1) is 0 Å². The molecule has 1 atom stereocenters. The Kier molecular flexibility index (Phi) is 5.00. The van der Waals surface area contributed by atoms with Gasteiger partial charge in [0.2, 0.25) is 11.1 Å². The predicted octanol–water partition coefficient (Wildman–Crippen LogP) is 4.31. The molecule has 1 amide bonds. The summed E-state index contributed by atoms with van der Waals surface area (Å²) in [6.07, 6.45) is 0. The van der Waals surface area contributed by atoms with Crippen molar-refractivity contribution in [3.8, 4) is 10.7 Å². The van der Waals surface area contributed by atoms with E-state index in [0.29, 0.717) is 21.7 Å². The van der Waals surface area contributed by atoms with Crippen LogP contribution in [0.2, 0.25) is 5.02 Å². The van der Waals surface area contributed by atoms with E-state index in [2.05, 4.69) is 20.5 Å². The molecule has 0 aliphatic heterocycles. The van der Waals surface area contributed by atoms with Gasteiger partial charge in [0.15, 0.2) is 5.82 Å². The van der Waals surface area contributed by atoms with Crippen molar-refractivity contribution in [2.24, 2.45) is 0 Å². The van der Waals surface area contributed by atoms with Crippen molar-refractivity contribution in [1.82, 2.24) is 15.2 Å². The van der Waals surface area contributed by atoms with Crippen LogP contribution in [0.25, 0.3) is 10.7 Å². The number of H-pyrrole nitrogens is 1. The zero-order valence-electron chi connectivity index (χ0n) is 12.1. The van der Waals surface area contributed by atoms with Crippen molar-refractivity contribution in [1.29, 1.82) is 0 Å². The first-order valence-electron chi connectivity index (χ1n) is 6.82. The molecule has 0 unspecified atom stereocenters. The quantitative estimate of drug-likeness (QED) is 0.662. The van der Waals surface area contributed by atoms with Crippen LogP contribution in [0.3, 0.4) is 0 Å². The predicted molar refractivity (Wildman–Crippen MR) is 95.1 cm³/mol. The van der Waals surface area contributed by atoms with E-state index < -0.39 is 0 Å². The van der Waals surface area contributed by atoms with Gasteiger partial charge >= 0.3 is 0 Å². The van der Waals surface area contributed by atoms with Crippen LogP contribution in [0.5, 0.6) is 0 Å². The summed E-state index contributed by atoms with van der Waals surface area (Å²) in [6.45, 7) is 1.80. The van der Waals surface area contributed by atoms with Gasteiger partial charge in [-0.05, 0) is 30.5 Å². The number of nitrogens with one attached hydrogen (secondary N) is 2. The molecule has 0 radical (unpaired) electrons. The summed E-state index contributed by atoms with van der Waals surface area (Å²) in [6, 6.07) is 11.1. The lowest BCUT2D eigenvalue weighted by Gasteiger charge is -2.11. The maximum absolute atomic E-state index is 12.3. The molecule has 0 fully saturated rings. The Morgan fingerprint density at radius 3 is 2.91 bits per heavy atom. The molecule has 2 aromatic heterocycles. The zero-order chi connectivity index (χ0) is 16.2. The summed E-state index contributed by atoms with van der Waals surface area (Å²) in [4.78, 5) is 17.7. The molecule has 2 N–H and O–H groups in total. The zero-order valence-corrected chi connectivity index (χ0v) is 14.5. The van der Waals surface area contributed by atoms with Crippen LogP contribution in [0.4, 0.5) is 5.69 Å². The number of nitrogens with zero attached hydrogens (tertiary/aromatic N) is 2. The molecule has 0 aliphatic carbocycles. The van der Waals surface area contributed by atoms with Crippen molar-refractivity contribution >= 4 is 46.3 Å². The first-order chi connectivity index (χ1) is 11.1. The Balaban J connectivity index is 1.64. The van der Waals surface area contributed by atoms with E-state index >= 15 is 0 Å². The maximum atomic E-state index is 12.3.